The van der Waals surface area contributed by atoms with Gasteiger partial charge in [-0.05, 0) is 46.3 Å². The number of benzene rings is 2. The molecule has 2 aromatic rings. The lowest BCUT2D eigenvalue weighted by atomic mass is 10.2. The van der Waals surface area contributed by atoms with Crippen molar-refractivity contribution in [2.45, 2.75) is 0 Å². The third kappa shape index (κ3) is 3.06. The van der Waals surface area contributed by atoms with Crippen LogP contribution in [0.5, 0.6) is 11.5 Å². The van der Waals surface area contributed by atoms with Gasteiger partial charge in [-0.25, -0.2) is 4.39 Å². The van der Waals surface area contributed by atoms with E-state index in [-0.39, 0.29) is 32.4 Å². The Morgan fingerprint density at radius 1 is 1.20 bits per heavy atom. The van der Waals surface area contributed by atoms with Crippen molar-refractivity contribution >= 4 is 45.0 Å². The maximum atomic E-state index is 14.1. The normalized spacial score (nSPS) is 10.4. The van der Waals surface area contributed by atoms with E-state index in [4.69, 9.17) is 39.1 Å². The predicted octanol–water partition coefficient (Wildman–Crippen LogP) is 4.97. The zero-order valence-corrected chi connectivity index (χ0v) is 13.0. The molecule has 20 heavy (non-hydrogen) atoms. The van der Waals surface area contributed by atoms with Crippen LogP contribution in [0.1, 0.15) is 5.56 Å². The molecule has 0 radical (unpaired) electrons. The number of nitrogen functional groups attached to an aromatic ring is 1. The Labute approximate surface area is 133 Å². The molecule has 0 unspecified atom stereocenters. The van der Waals surface area contributed by atoms with Crippen molar-refractivity contribution in [1.82, 2.24) is 0 Å². The second-order valence-electron chi connectivity index (χ2n) is 3.83. The molecule has 104 valence electrons. The summed E-state index contributed by atoms with van der Waals surface area (Å²) >= 11 is 14.8. The van der Waals surface area contributed by atoms with Gasteiger partial charge in [-0.3, -0.25) is 5.41 Å². The molecular weight excluding hydrogens is 370 g/mol. The molecule has 0 fully saturated rings. The molecule has 0 atom stereocenters. The number of hydrogen-bond acceptors (Lipinski definition) is 2. The number of rotatable bonds is 3. The standard InChI is InChI=1S/C13H8BrCl2FN2O/c14-11-7(13(18)19)2-4-10(12(11)17)20-9-3-1-6(15)5-8(9)16/h1-5H,(H3,18,19). The molecule has 0 saturated heterocycles. The van der Waals surface area contributed by atoms with Crippen LogP contribution in [-0.2, 0) is 0 Å². The van der Waals surface area contributed by atoms with Crippen LogP contribution >= 0.6 is 39.1 Å². The Morgan fingerprint density at radius 3 is 2.45 bits per heavy atom. The van der Waals surface area contributed by atoms with Crippen molar-refractivity contribution in [3.63, 3.8) is 0 Å². The van der Waals surface area contributed by atoms with Gasteiger partial charge in [-0.2, -0.15) is 0 Å². The maximum absolute atomic E-state index is 14.1. The first kappa shape index (κ1) is 15.1. The van der Waals surface area contributed by atoms with Crippen molar-refractivity contribution in [2.75, 3.05) is 0 Å². The lowest BCUT2D eigenvalue weighted by molar-refractivity contribution is 0.440. The summed E-state index contributed by atoms with van der Waals surface area (Å²) in [6.45, 7) is 0. The van der Waals surface area contributed by atoms with Crippen LogP contribution in [0, 0.1) is 11.2 Å². The summed E-state index contributed by atoms with van der Waals surface area (Å²) < 4.78 is 19.6. The molecule has 3 nitrogen and oxygen atoms in total. The Balaban J connectivity index is 2.39. The zero-order chi connectivity index (χ0) is 14.9. The van der Waals surface area contributed by atoms with Crippen molar-refractivity contribution in [3.05, 3.63) is 56.2 Å². The summed E-state index contributed by atoms with van der Waals surface area (Å²) in [7, 11) is 0. The smallest absolute Gasteiger partial charge is 0.180 e. The minimum atomic E-state index is -0.663. The van der Waals surface area contributed by atoms with Crippen LogP contribution in [-0.4, -0.2) is 5.84 Å². The molecule has 0 saturated carbocycles. The van der Waals surface area contributed by atoms with Crippen molar-refractivity contribution in [3.8, 4) is 11.5 Å². The van der Waals surface area contributed by atoms with Gasteiger partial charge in [0.15, 0.2) is 11.6 Å². The van der Waals surface area contributed by atoms with Gasteiger partial charge < -0.3 is 10.5 Å². The molecule has 0 aliphatic carbocycles. The molecule has 2 rings (SSSR count). The van der Waals surface area contributed by atoms with Gasteiger partial charge in [0.2, 0.25) is 0 Å². The van der Waals surface area contributed by atoms with Gasteiger partial charge >= 0.3 is 0 Å². The Kier molecular flexibility index (Phi) is 4.52. The summed E-state index contributed by atoms with van der Waals surface area (Å²) in [6.07, 6.45) is 0. The molecule has 0 heterocycles. The highest BCUT2D eigenvalue weighted by Gasteiger charge is 2.15. The summed E-state index contributed by atoms with van der Waals surface area (Å²) in [5.74, 6) is -0.667. The molecule has 0 amide bonds. The number of ether oxygens (including phenoxy) is 1. The number of nitrogens with one attached hydrogen (secondary N) is 1. The van der Waals surface area contributed by atoms with E-state index in [1.807, 2.05) is 0 Å². The zero-order valence-electron chi connectivity index (χ0n) is 9.88. The van der Waals surface area contributed by atoms with E-state index < -0.39 is 5.82 Å². The average molecular weight is 378 g/mol. The van der Waals surface area contributed by atoms with Gasteiger partial charge in [-0.15, -0.1) is 0 Å². The Morgan fingerprint density at radius 2 is 1.85 bits per heavy atom. The minimum absolute atomic E-state index is 0.0360. The summed E-state index contributed by atoms with van der Waals surface area (Å²) in [5.41, 5.74) is 5.58. The van der Waals surface area contributed by atoms with Crippen LogP contribution in [0.15, 0.2) is 34.8 Å². The van der Waals surface area contributed by atoms with Gasteiger partial charge in [0.1, 0.15) is 11.6 Å². The molecule has 0 spiro atoms. The van der Waals surface area contributed by atoms with E-state index in [1.165, 1.54) is 24.3 Å². The van der Waals surface area contributed by atoms with Crippen molar-refractivity contribution in [2.24, 2.45) is 5.73 Å². The molecule has 7 heteroatoms. The van der Waals surface area contributed by atoms with E-state index >= 15 is 0 Å². The second kappa shape index (κ2) is 5.99. The largest absolute Gasteiger partial charge is 0.453 e. The lowest BCUT2D eigenvalue weighted by Gasteiger charge is -2.11. The average Bonchev–Trinajstić information content (AvgIpc) is 2.37. The highest BCUT2D eigenvalue weighted by Crippen LogP contribution is 2.35. The van der Waals surface area contributed by atoms with E-state index in [9.17, 15) is 4.39 Å². The number of nitrogens with two attached hydrogens (primary N) is 1. The first-order valence-electron chi connectivity index (χ1n) is 5.35. The summed E-state index contributed by atoms with van der Waals surface area (Å²) in [5, 5.41) is 8.05. The topological polar surface area (TPSA) is 59.1 Å². The van der Waals surface area contributed by atoms with Gasteiger partial charge in [0.25, 0.3) is 0 Å². The van der Waals surface area contributed by atoms with Gasteiger partial charge in [0.05, 0.1) is 9.50 Å². The van der Waals surface area contributed by atoms with Crippen molar-refractivity contribution < 1.29 is 9.13 Å². The SMILES string of the molecule is N=C(N)c1ccc(Oc2ccc(Cl)cc2Cl)c(F)c1Br. The molecule has 3 N–H and O–H groups in total. The van der Waals surface area contributed by atoms with Crippen LogP contribution < -0.4 is 10.5 Å². The lowest BCUT2D eigenvalue weighted by Crippen LogP contribution is -2.12. The third-order valence-corrected chi connectivity index (χ3v) is 3.76. The maximum Gasteiger partial charge on any atom is 0.180 e. The van der Waals surface area contributed by atoms with Gasteiger partial charge in [-0.1, -0.05) is 23.2 Å². The van der Waals surface area contributed by atoms with Crippen LogP contribution in [0.4, 0.5) is 4.39 Å². The Hall–Kier alpha value is -1.30. The van der Waals surface area contributed by atoms with Crippen molar-refractivity contribution in [1.29, 1.82) is 5.41 Å². The quantitative estimate of drug-likeness (QED) is 0.585. The van der Waals surface area contributed by atoms with E-state index in [0.717, 1.165) is 0 Å². The number of halogens is 4. The van der Waals surface area contributed by atoms with Crippen LogP contribution in [0.2, 0.25) is 10.0 Å². The van der Waals surface area contributed by atoms with Crippen LogP contribution in [0.3, 0.4) is 0 Å². The van der Waals surface area contributed by atoms with Gasteiger partial charge in [0, 0.05) is 10.6 Å². The fraction of sp³-hybridized carbons (Fsp3) is 0. The predicted molar refractivity (Wildman–Crippen MR) is 81.7 cm³/mol. The molecule has 0 aromatic heterocycles. The highest BCUT2D eigenvalue weighted by molar-refractivity contribution is 9.10. The summed E-state index contributed by atoms with van der Waals surface area (Å²) in [6, 6.07) is 7.47. The van der Waals surface area contributed by atoms with E-state index in [0.29, 0.717) is 5.02 Å². The fourth-order valence-electron chi connectivity index (χ4n) is 1.50. The monoisotopic (exact) mass is 376 g/mol. The number of amidine groups is 1. The second-order valence-corrected chi connectivity index (χ2v) is 5.47. The highest BCUT2D eigenvalue weighted by atomic mass is 79.9. The Bertz CT molecular complexity index is 694. The molecule has 0 bridgehead atoms. The van der Waals surface area contributed by atoms with E-state index in [2.05, 4.69) is 15.9 Å². The molecule has 0 aliphatic rings. The van der Waals surface area contributed by atoms with Crippen LogP contribution in [0.25, 0.3) is 0 Å². The summed E-state index contributed by atoms with van der Waals surface area (Å²) in [4.78, 5) is 0. The molecule has 2 aromatic carbocycles. The molecular formula is C13H8BrCl2FN2O. The number of hydrogen-bond donors (Lipinski definition) is 2. The first-order chi connectivity index (χ1) is 9.40. The fourth-order valence-corrected chi connectivity index (χ4v) is 2.48. The minimum Gasteiger partial charge on any atom is -0.453 e. The third-order valence-electron chi connectivity index (χ3n) is 2.45. The van der Waals surface area contributed by atoms with E-state index in [1.54, 1.807) is 6.07 Å². The molecule has 0 aliphatic heterocycles. The first-order valence-corrected chi connectivity index (χ1v) is 6.90.